The number of azo groups is 2. The van der Waals surface area contributed by atoms with Crippen molar-refractivity contribution in [3.63, 3.8) is 0 Å². The first kappa shape index (κ1) is 48.6. The van der Waals surface area contributed by atoms with E-state index >= 15 is 0 Å². The van der Waals surface area contributed by atoms with Gasteiger partial charge in [0.2, 0.25) is 12.1 Å². The molecule has 0 fully saturated rings. The summed E-state index contributed by atoms with van der Waals surface area (Å²) < 4.78 is 0. The van der Waals surface area contributed by atoms with Gasteiger partial charge in [0.15, 0.2) is 11.6 Å². The SMILES string of the molecule is CC(=O)C(N=Nc1cc(Cl)cc(C(=O)Nc2ccc(Cl)c(Cl)c2)c1)C(=O)Nc1ccc(NC(=O)C(N=Nc2cc(Cl)cc(C(=O)Nc3ccc(Cl)c(Cl)c3)c2)C(C)=O)c(CCCl)c1. The molecule has 4 N–H and O–H groups in total. The number of carbonyl (C=O) groups excluding carboxylic acids is 6. The second-order valence-corrected chi connectivity index (χ2v) is 16.2. The molecule has 0 aliphatic heterocycles. The van der Waals surface area contributed by atoms with E-state index in [0.29, 0.717) is 27.0 Å². The molecule has 0 aliphatic carbocycles. The van der Waals surface area contributed by atoms with Crippen molar-refractivity contribution in [1.29, 1.82) is 0 Å². The van der Waals surface area contributed by atoms with Gasteiger partial charge in [0.1, 0.15) is 0 Å². The van der Waals surface area contributed by atoms with Gasteiger partial charge in [0.25, 0.3) is 23.6 Å². The maximum absolute atomic E-state index is 13.4. The molecule has 0 spiro atoms. The fourth-order valence-electron chi connectivity index (χ4n) is 5.48. The Morgan fingerprint density at radius 2 is 0.937 bits per heavy atom. The Morgan fingerprint density at radius 3 is 1.37 bits per heavy atom. The Labute approximate surface area is 394 Å². The van der Waals surface area contributed by atoms with E-state index in [0.717, 1.165) is 13.8 Å². The highest BCUT2D eigenvalue weighted by atomic mass is 35.5. The number of hydrogen-bond donors (Lipinski definition) is 4. The van der Waals surface area contributed by atoms with E-state index in [2.05, 4.69) is 41.7 Å². The summed E-state index contributed by atoms with van der Waals surface area (Å²) in [6, 6.07) is 18.5. The molecule has 0 heterocycles. The van der Waals surface area contributed by atoms with Crippen LogP contribution in [0.25, 0.3) is 0 Å². The van der Waals surface area contributed by atoms with Crippen molar-refractivity contribution in [2.75, 3.05) is 27.1 Å². The summed E-state index contributed by atoms with van der Waals surface area (Å²) in [5, 5.41) is 27.9. The van der Waals surface area contributed by atoms with Gasteiger partial charge in [-0.05, 0) is 117 Å². The van der Waals surface area contributed by atoms with Crippen LogP contribution in [0.5, 0.6) is 0 Å². The van der Waals surface area contributed by atoms with Gasteiger partial charge in [0, 0.05) is 49.8 Å². The van der Waals surface area contributed by atoms with E-state index in [1.165, 1.54) is 78.9 Å². The summed E-state index contributed by atoms with van der Waals surface area (Å²) in [6.45, 7) is 2.31. The number of halogens is 7. The molecule has 21 heteroatoms. The zero-order valence-electron chi connectivity index (χ0n) is 32.6. The monoisotopic (exact) mass is 988 g/mol. The highest BCUT2D eigenvalue weighted by Gasteiger charge is 2.26. The maximum Gasteiger partial charge on any atom is 0.258 e. The number of carbonyl (C=O) groups is 6. The number of alkyl halides is 1. The minimum absolute atomic E-state index is 0.0770. The predicted molar refractivity (Wildman–Crippen MR) is 248 cm³/mol. The molecule has 4 amide bonds. The van der Waals surface area contributed by atoms with Gasteiger partial charge in [-0.3, -0.25) is 28.8 Å². The van der Waals surface area contributed by atoms with Crippen molar-refractivity contribution >= 4 is 151 Å². The Morgan fingerprint density at radius 1 is 0.508 bits per heavy atom. The lowest BCUT2D eigenvalue weighted by atomic mass is 10.1. The fraction of sp³-hybridized carbons (Fsp3) is 0.143. The van der Waals surface area contributed by atoms with E-state index in [-0.39, 0.29) is 66.3 Å². The van der Waals surface area contributed by atoms with Gasteiger partial charge in [-0.1, -0.05) is 69.6 Å². The number of aryl methyl sites for hydroxylation is 1. The van der Waals surface area contributed by atoms with Crippen molar-refractivity contribution in [1.82, 2.24) is 0 Å². The van der Waals surface area contributed by atoms with Crippen molar-refractivity contribution < 1.29 is 28.8 Å². The predicted octanol–water partition coefficient (Wildman–Crippen LogP) is 12.3. The van der Waals surface area contributed by atoms with Gasteiger partial charge in [0.05, 0.1) is 31.5 Å². The highest BCUT2D eigenvalue weighted by Crippen LogP contribution is 2.30. The van der Waals surface area contributed by atoms with Crippen molar-refractivity contribution in [2.45, 2.75) is 32.4 Å². The molecular formula is C42H31Cl7N8O6. The average molecular weight is 992 g/mol. The van der Waals surface area contributed by atoms with Gasteiger partial charge in [-0.2, -0.15) is 20.5 Å². The highest BCUT2D eigenvalue weighted by molar-refractivity contribution is 6.42. The van der Waals surface area contributed by atoms with Crippen LogP contribution < -0.4 is 21.3 Å². The molecule has 5 rings (SSSR count). The van der Waals surface area contributed by atoms with Crippen LogP contribution in [0.1, 0.15) is 40.1 Å². The third-order valence-corrected chi connectivity index (χ3v) is 10.6. The Hall–Kier alpha value is -5.45. The number of ketones is 2. The van der Waals surface area contributed by atoms with Gasteiger partial charge in [-0.15, -0.1) is 11.6 Å². The summed E-state index contributed by atoms with van der Waals surface area (Å²) >= 11 is 42.6. The van der Waals surface area contributed by atoms with Gasteiger partial charge >= 0.3 is 0 Å². The molecule has 14 nitrogen and oxygen atoms in total. The lowest BCUT2D eigenvalue weighted by molar-refractivity contribution is -0.127. The average Bonchev–Trinajstić information content (AvgIpc) is 3.21. The maximum atomic E-state index is 13.4. The summed E-state index contributed by atoms with van der Waals surface area (Å²) in [4.78, 5) is 77.9. The number of hydrogen-bond acceptors (Lipinski definition) is 10. The van der Waals surface area contributed by atoms with Crippen LogP contribution in [0.4, 0.5) is 34.1 Å². The normalized spacial score (nSPS) is 12.1. The number of nitrogens with one attached hydrogen (secondary N) is 4. The zero-order chi connectivity index (χ0) is 46.0. The minimum Gasteiger partial charge on any atom is -0.324 e. The number of nitrogens with zero attached hydrogens (tertiary/aromatic N) is 4. The topological polar surface area (TPSA) is 200 Å². The Bertz CT molecular complexity index is 2700. The third-order valence-electron chi connectivity index (χ3n) is 8.48. The Kier molecular flexibility index (Phi) is 17.2. The second-order valence-electron chi connectivity index (χ2n) is 13.3. The summed E-state index contributed by atoms with van der Waals surface area (Å²) in [7, 11) is 0. The fourth-order valence-corrected chi connectivity index (χ4v) is 6.74. The van der Waals surface area contributed by atoms with Crippen molar-refractivity contribution in [2.24, 2.45) is 20.5 Å². The molecule has 324 valence electrons. The van der Waals surface area contributed by atoms with E-state index in [9.17, 15) is 28.8 Å². The summed E-state index contributed by atoms with van der Waals surface area (Å²) in [6.07, 6.45) is 0.203. The number of benzene rings is 5. The van der Waals surface area contributed by atoms with Gasteiger partial charge in [-0.25, -0.2) is 0 Å². The first-order valence-corrected chi connectivity index (χ1v) is 21.0. The molecule has 2 atom stereocenters. The molecule has 0 bridgehead atoms. The lowest BCUT2D eigenvalue weighted by Gasteiger charge is -2.15. The molecule has 5 aromatic rings. The molecule has 0 aromatic heterocycles. The first-order chi connectivity index (χ1) is 29.9. The summed E-state index contributed by atoms with van der Waals surface area (Å²) in [5.74, 6) is -3.99. The van der Waals surface area contributed by atoms with E-state index in [1.54, 1.807) is 12.1 Å². The molecular weight excluding hydrogens is 961 g/mol. The molecule has 0 saturated heterocycles. The van der Waals surface area contributed by atoms with Crippen LogP contribution in [-0.4, -0.2) is 53.2 Å². The first-order valence-electron chi connectivity index (χ1n) is 18.2. The number of anilines is 4. The van der Waals surface area contributed by atoms with Crippen LogP contribution in [0, 0.1) is 0 Å². The zero-order valence-corrected chi connectivity index (χ0v) is 37.9. The largest absolute Gasteiger partial charge is 0.324 e. The van der Waals surface area contributed by atoms with E-state index < -0.39 is 47.3 Å². The molecule has 5 aromatic carbocycles. The number of rotatable bonds is 16. The van der Waals surface area contributed by atoms with Crippen LogP contribution >= 0.6 is 81.2 Å². The van der Waals surface area contributed by atoms with Crippen LogP contribution in [0.3, 0.4) is 0 Å². The second kappa shape index (κ2) is 22.3. The lowest BCUT2D eigenvalue weighted by Crippen LogP contribution is -2.32. The van der Waals surface area contributed by atoms with Crippen LogP contribution in [0.2, 0.25) is 30.1 Å². The quantitative estimate of drug-likeness (QED) is 0.0430. The van der Waals surface area contributed by atoms with E-state index in [4.69, 9.17) is 81.2 Å². The molecule has 0 radical (unpaired) electrons. The smallest absolute Gasteiger partial charge is 0.258 e. The van der Waals surface area contributed by atoms with Crippen molar-refractivity contribution in [3.8, 4) is 0 Å². The van der Waals surface area contributed by atoms with E-state index in [1.807, 2.05) is 0 Å². The molecule has 0 aliphatic rings. The third kappa shape index (κ3) is 13.8. The van der Waals surface area contributed by atoms with Crippen LogP contribution in [0.15, 0.2) is 111 Å². The number of amides is 4. The van der Waals surface area contributed by atoms with Gasteiger partial charge < -0.3 is 21.3 Å². The molecule has 2 unspecified atom stereocenters. The molecule has 63 heavy (non-hydrogen) atoms. The minimum atomic E-state index is -1.62. The Balaban J connectivity index is 1.27. The van der Waals surface area contributed by atoms with Crippen LogP contribution in [-0.2, 0) is 25.6 Å². The summed E-state index contributed by atoms with van der Waals surface area (Å²) in [5.41, 5.74) is 2.00. The molecule has 0 saturated carbocycles. The van der Waals surface area contributed by atoms with Crippen molar-refractivity contribution in [3.05, 3.63) is 138 Å². The standard InChI is InChI=1S/C42H31Cl7N8O6/c1-20(58)37(56-54-30-14-23(11-25(44)16-30)39(60)50-28-3-6-32(46)34(48)18-28)41(62)52-27-5-8-36(22(13-27)9-10-43)53-42(63)38(21(2)59)57-55-31-15-24(12-26(45)17-31)40(61)51-29-4-7-33(47)35(49)19-29/h3-8,11-19,37-38H,9-10H2,1-2H3,(H,50,60)(H,51,61)(H,52,62)(H,53,63). The number of Topliss-reactive ketones (excluding diaryl/α,β-unsaturated/α-hetero) is 2.